The summed E-state index contributed by atoms with van der Waals surface area (Å²) in [6.07, 6.45) is 0. The van der Waals surface area contributed by atoms with Gasteiger partial charge in [0.25, 0.3) is 5.69 Å². The predicted octanol–water partition coefficient (Wildman–Crippen LogP) is 1.24. The molecule has 146 valence electrons. The van der Waals surface area contributed by atoms with Crippen molar-refractivity contribution in [3.63, 3.8) is 0 Å². The molecule has 0 bridgehead atoms. The maximum absolute atomic E-state index is 12.7. The second-order valence-corrected chi connectivity index (χ2v) is 8.14. The predicted molar refractivity (Wildman–Crippen MR) is 95.9 cm³/mol. The van der Waals surface area contributed by atoms with Gasteiger partial charge in [-0.15, -0.1) is 0 Å². The SMILES string of the molecule is COc1ccc([N+](=O)[O-])cc1S(=O)(=O)NC[C@H](C(C)C)N1CCOCC1. The lowest BCUT2D eigenvalue weighted by molar-refractivity contribution is -0.385. The fraction of sp³-hybridized carbons (Fsp3) is 0.625. The van der Waals surface area contributed by atoms with Crippen LogP contribution in [0.5, 0.6) is 5.75 Å². The fourth-order valence-electron chi connectivity index (χ4n) is 2.96. The molecule has 0 spiro atoms. The number of nitrogens with one attached hydrogen (secondary N) is 1. The molecule has 1 atom stereocenters. The Balaban J connectivity index is 2.21. The van der Waals surface area contributed by atoms with Crippen molar-refractivity contribution in [2.75, 3.05) is 40.0 Å². The Morgan fingerprint density at radius 2 is 2.00 bits per heavy atom. The first-order valence-corrected chi connectivity index (χ1v) is 9.88. The molecule has 10 heteroatoms. The first kappa shape index (κ1) is 20.6. The normalized spacial score (nSPS) is 17.2. The van der Waals surface area contributed by atoms with Gasteiger partial charge >= 0.3 is 0 Å². The Kier molecular flexibility index (Phi) is 6.93. The van der Waals surface area contributed by atoms with E-state index in [1.165, 1.54) is 19.2 Å². The molecule has 1 aliphatic heterocycles. The minimum atomic E-state index is -3.96. The number of methoxy groups -OCH3 is 1. The summed E-state index contributed by atoms with van der Waals surface area (Å²) in [5.74, 6) is 0.290. The topological polar surface area (TPSA) is 111 Å². The number of ether oxygens (including phenoxy) is 2. The number of non-ortho nitro benzene ring substituents is 1. The molecule has 9 nitrogen and oxygen atoms in total. The fourth-order valence-corrected chi connectivity index (χ4v) is 4.20. The van der Waals surface area contributed by atoms with E-state index < -0.39 is 14.9 Å². The minimum Gasteiger partial charge on any atom is -0.495 e. The Bertz CT molecular complexity index is 732. The molecular weight excluding hydrogens is 362 g/mol. The summed E-state index contributed by atoms with van der Waals surface area (Å²) >= 11 is 0. The molecular formula is C16H25N3O6S. The smallest absolute Gasteiger partial charge is 0.271 e. The standard InChI is InChI=1S/C16H25N3O6S/c1-12(2)14(18-6-8-25-9-7-18)11-17-26(22,23)16-10-13(19(20)21)4-5-15(16)24-3/h4-5,10,12,14,17H,6-9,11H2,1-3H3/t14-/m1/s1. The third-order valence-corrected chi connectivity index (χ3v) is 5.86. The van der Waals surface area contributed by atoms with E-state index in [-0.39, 0.29) is 34.8 Å². The molecule has 1 saturated heterocycles. The molecule has 0 saturated carbocycles. The van der Waals surface area contributed by atoms with Crippen LogP contribution in [-0.4, -0.2) is 64.2 Å². The van der Waals surface area contributed by atoms with Crippen molar-refractivity contribution < 1.29 is 22.8 Å². The number of nitrogens with zero attached hydrogens (tertiary/aromatic N) is 2. The van der Waals surface area contributed by atoms with Gasteiger partial charge in [0.1, 0.15) is 10.6 Å². The van der Waals surface area contributed by atoms with E-state index in [1.807, 2.05) is 13.8 Å². The van der Waals surface area contributed by atoms with E-state index in [4.69, 9.17) is 9.47 Å². The molecule has 0 radical (unpaired) electrons. The highest BCUT2D eigenvalue weighted by Gasteiger charge is 2.28. The van der Waals surface area contributed by atoms with Gasteiger partial charge in [0, 0.05) is 37.8 Å². The van der Waals surface area contributed by atoms with Gasteiger partial charge in [-0.25, -0.2) is 13.1 Å². The molecule has 1 aliphatic rings. The monoisotopic (exact) mass is 387 g/mol. The van der Waals surface area contributed by atoms with E-state index in [2.05, 4.69) is 9.62 Å². The molecule has 1 aromatic rings. The molecule has 2 rings (SSSR count). The summed E-state index contributed by atoms with van der Waals surface area (Å²) in [5.41, 5.74) is -0.306. The van der Waals surface area contributed by atoms with Gasteiger partial charge < -0.3 is 9.47 Å². The van der Waals surface area contributed by atoms with E-state index in [0.717, 1.165) is 19.2 Å². The lowest BCUT2D eigenvalue weighted by Crippen LogP contribution is -2.51. The van der Waals surface area contributed by atoms with Crippen LogP contribution in [0.1, 0.15) is 13.8 Å². The number of nitro benzene ring substituents is 1. The highest BCUT2D eigenvalue weighted by atomic mass is 32.2. The zero-order valence-electron chi connectivity index (χ0n) is 15.2. The van der Waals surface area contributed by atoms with Crippen LogP contribution in [0.3, 0.4) is 0 Å². The maximum Gasteiger partial charge on any atom is 0.271 e. The number of hydrogen-bond acceptors (Lipinski definition) is 7. The Hall–Kier alpha value is -1.75. The van der Waals surface area contributed by atoms with E-state index in [0.29, 0.717) is 13.2 Å². The molecule has 1 fully saturated rings. The molecule has 0 aliphatic carbocycles. The molecule has 26 heavy (non-hydrogen) atoms. The maximum atomic E-state index is 12.7. The molecule has 1 heterocycles. The molecule has 0 unspecified atom stereocenters. The Labute approximate surface area is 153 Å². The van der Waals surface area contributed by atoms with Crippen molar-refractivity contribution in [2.45, 2.75) is 24.8 Å². The number of sulfonamides is 1. The number of rotatable bonds is 8. The van der Waals surface area contributed by atoms with E-state index in [1.54, 1.807) is 0 Å². The summed E-state index contributed by atoms with van der Waals surface area (Å²) < 4.78 is 38.5. The van der Waals surface area contributed by atoms with E-state index >= 15 is 0 Å². The van der Waals surface area contributed by atoms with Crippen LogP contribution < -0.4 is 9.46 Å². The first-order valence-electron chi connectivity index (χ1n) is 8.40. The van der Waals surface area contributed by atoms with Crippen LogP contribution in [0.2, 0.25) is 0 Å². The number of nitro groups is 1. The van der Waals surface area contributed by atoms with Crippen LogP contribution in [-0.2, 0) is 14.8 Å². The summed E-state index contributed by atoms with van der Waals surface area (Å²) in [4.78, 5) is 12.3. The van der Waals surface area contributed by atoms with Gasteiger partial charge in [0.15, 0.2) is 0 Å². The molecule has 0 aromatic heterocycles. The number of benzene rings is 1. The summed E-state index contributed by atoms with van der Waals surface area (Å²) in [6, 6.07) is 3.51. The van der Waals surface area contributed by atoms with Crippen LogP contribution in [0.15, 0.2) is 23.1 Å². The van der Waals surface area contributed by atoms with Gasteiger partial charge in [-0.2, -0.15) is 0 Å². The van der Waals surface area contributed by atoms with Gasteiger partial charge in [0.2, 0.25) is 10.0 Å². The zero-order valence-corrected chi connectivity index (χ0v) is 16.0. The minimum absolute atomic E-state index is 0.00151. The van der Waals surface area contributed by atoms with Crippen molar-refractivity contribution in [3.05, 3.63) is 28.3 Å². The van der Waals surface area contributed by atoms with E-state index in [9.17, 15) is 18.5 Å². The van der Waals surface area contributed by atoms with Crippen LogP contribution >= 0.6 is 0 Å². The lowest BCUT2D eigenvalue weighted by atomic mass is 10.0. The Morgan fingerprint density at radius 1 is 1.35 bits per heavy atom. The van der Waals surface area contributed by atoms with Crippen molar-refractivity contribution >= 4 is 15.7 Å². The van der Waals surface area contributed by atoms with Crippen molar-refractivity contribution in [1.82, 2.24) is 9.62 Å². The molecule has 0 amide bonds. The molecule has 1 N–H and O–H groups in total. The quantitative estimate of drug-likeness (QED) is 0.528. The van der Waals surface area contributed by atoms with Crippen molar-refractivity contribution in [1.29, 1.82) is 0 Å². The number of morpholine rings is 1. The average molecular weight is 387 g/mol. The van der Waals surface area contributed by atoms with Crippen LogP contribution in [0.25, 0.3) is 0 Å². The van der Waals surface area contributed by atoms with Crippen LogP contribution in [0.4, 0.5) is 5.69 Å². The zero-order chi connectivity index (χ0) is 19.3. The van der Waals surface area contributed by atoms with Gasteiger partial charge in [-0.05, 0) is 12.0 Å². The van der Waals surface area contributed by atoms with Gasteiger partial charge in [-0.1, -0.05) is 13.8 Å². The molecule has 1 aromatic carbocycles. The highest BCUT2D eigenvalue weighted by Crippen LogP contribution is 2.28. The highest BCUT2D eigenvalue weighted by molar-refractivity contribution is 7.89. The van der Waals surface area contributed by atoms with Crippen molar-refractivity contribution in [2.24, 2.45) is 5.92 Å². The van der Waals surface area contributed by atoms with Crippen molar-refractivity contribution in [3.8, 4) is 5.75 Å². The Morgan fingerprint density at radius 3 is 2.54 bits per heavy atom. The lowest BCUT2D eigenvalue weighted by Gasteiger charge is -2.36. The van der Waals surface area contributed by atoms with Crippen LogP contribution in [0, 0.1) is 16.0 Å². The average Bonchev–Trinajstić information content (AvgIpc) is 2.61. The second-order valence-electron chi connectivity index (χ2n) is 6.40. The third kappa shape index (κ3) is 4.91. The summed E-state index contributed by atoms with van der Waals surface area (Å²) in [6.45, 7) is 6.98. The largest absolute Gasteiger partial charge is 0.495 e. The third-order valence-electron chi connectivity index (χ3n) is 4.41. The summed E-state index contributed by atoms with van der Waals surface area (Å²) in [5, 5.41) is 11.0. The summed E-state index contributed by atoms with van der Waals surface area (Å²) in [7, 11) is -2.64. The second kappa shape index (κ2) is 8.76. The van der Waals surface area contributed by atoms with Gasteiger partial charge in [-0.3, -0.25) is 15.0 Å². The first-order chi connectivity index (χ1) is 12.3. The van der Waals surface area contributed by atoms with Gasteiger partial charge in [0.05, 0.1) is 25.2 Å². The number of hydrogen-bond donors (Lipinski definition) is 1.